The van der Waals surface area contributed by atoms with Crippen LogP contribution in [0.5, 0.6) is 0 Å². The quantitative estimate of drug-likeness (QED) is 0.756. The maximum atomic E-state index is 12.4. The maximum Gasteiger partial charge on any atom is 0.246 e. The van der Waals surface area contributed by atoms with E-state index in [1.807, 2.05) is 49.6 Å². The Labute approximate surface area is 163 Å². The van der Waals surface area contributed by atoms with Crippen molar-refractivity contribution in [2.75, 3.05) is 18.0 Å². The number of hydrogen-bond donors (Lipinski definition) is 0. The van der Waals surface area contributed by atoms with Gasteiger partial charge < -0.3 is 9.64 Å². The molecule has 1 aliphatic rings. The van der Waals surface area contributed by atoms with E-state index in [9.17, 15) is 9.59 Å². The first-order chi connectivity index (χ1) is 12.9. The van der Waals surface area contributed by atoms with Gasteiger partial charge in [-0.25, -0.2) is 4.98 Å². The first kappa shape index (κ1) is 19.3. The number of benzene rings is 1. The SMILES string of the molecule is CC(=O)N(c1ccccc1)c1nc(C=CC(=O)N2CC(C)OC(C)C2)cs1. The molecule has 3 rings (SSSR count). The van der Waals surface area contributed by atoms with Crippen LogP contribution in [0.25, 0.3) is 6.08 Å². The summed E-state index contributed by atoms with van der Waals surface area (Å²) in [6.07, 6.45) is 3.29. The number of hydrogen-bond acceptors (Lipinski definition) is 5. The van der Waals surface area contributed by atoms with E-state index in [1.54, 1.807) is 15.9 Å². The van der Waals surface area contributed by atoms with Crippen molar-refractivity contribution in [1.29, 1.82) is 0 Å². The minimum Gasteiger partial charge on any atom is -0.372 e. The molecule has 1 aromatic heterocycles. The number of anilines is 2. The van der Waals surface area contributed by atoms with Gasteiger partial charge in [-0.1, -0.05) is 18.2 Å². The highest BCUT2D eigenvalue weighted by Crippen LogP contribution is 2.29. The third-order valence-electron chi connectivity index (χ3n) is 4.16. The van der Waals surface area contributed by atoms with Gasteiger partial charge in [-0.3, -0.25) is 14.5 Å². The molecule has 0 N–H and O–H groups in total. The van der Waals surface area contributed by atoms with E-state index in [0.29, 0.717) is 23.9 Å². The maximum absolute atomic E-state index is 12.4. The number of thiazole rings is 1. The second kappa shape index (κ2) is 8.45. The minimum atomic E-state index is -0.113. The van der Waals surface area contributed by atoms with Crippen LogP contribution in [0.4, 0.5) is 10.8 Å². The highest BCUT2D eigenvalue weighted by atomic mass is 32.1. The van der Waals surface area contributed by atoms with Crippen molar-refractivity contribution in [3.8, 4) is 0 Å². The second-order valence-corrected chi connectivity index (χ2v) is 7.42. The van der Waals surface area contributed by atoms with Crippen molar-refractivity contribution in [3.05, 3.63) is 47.5 Å². The molecule has 1 aliphatic heterocycles. The van der Waals surface area contributed by atoms with Gasteiger partial charge in [0, 0.05) is 31.5 Å². The van der Waals surface area contributed by atoms with Crippen molar-refractivity contribution in [2.45, 2.75) is 33.0 Å². The number of para-hydroxylation sites is 1. The molecule has 2 heterocycles. The third kappa shape index (κ3) is 4.81. The van der Waals surface area contributed by atoms with Crippen molar-refractivity contribution in [2.24, 2.45) is 0 Å². The van der Waals surface area contributed by atoms with Crippen molar-refractivity contribution >= 4 is 40.0 Å². The lowest BCUT2D eigenvalue weighted by Crippen LogP contribution is -2.47. The van der Waals surface area contributed by atoms with Crippen molar-refractivity contribution in [1.82, 2.24) is 9.88 Å². The van der Waals surface area contributed by atoms with Crippen LogP contribution in [-0.4, -0.2) is 47.0 Å². The average Bonchev–Trinajstić information content (AvgIpc) is 3.08. The molecule has 0 spiro atoms. The molecule has 2 amide bonds. The molecule has 2 atom stereocenters. The zero-order valence-corrected chi connectivity index (χ0v) is 16.5. The Morgan fingerprint density at radius 1 is 1.22 bits per heavy atom. The number of nitrogens with zero attached hydrogens (tertiary/aromatic N) is 3. The fourth-order valence-corrected chi connectivity index (χ4v) is 3.93. The van der Waals surface area contributed by atoms with E-state index in [-0.39, 0.29) is 24.0 Å². The number of amides is 2. The summed E-state index contributed by atoms with van der Waals surface area (Å²) in [5.41, 5.74) is 1.42. The molecule has 0 saturated carbocycles. The summed E-state index contributed by atoms with van der Waals surface area (Å²) in [7, 11) is 0. The molecule has 1 saturated heterocycles. The van der Waals surface area contributed by atoms with Crippen LogP contribution in [0, 0.1) is 0 Å². The lowest BCUT2D eigenvalue weighted by Gasteiger charge is -2.34. The first-order valence-corrected chi connectivity index (χ1v) is 9.75. The summed E-state index contributed by atoms with van der Waals surface area (Å²) >= 11 is 1.37. The summed E-state index contributed by atoms with van der Waals surface area (Å²) in [5.74, 6) is -0.170. The van der Waals surface area contributed by atoms with E-state index in [4.69, 9.17) is 4.74 Å². The Kier molecular flexibility index (Phi) is 6.03. The van der Waals surface area contributed by atoms with Gasteiger partial charge in [0.15, 0.2) is 5.13 Å². The fourth-order valence-electron chi connectivity index (χ4n) is 3.08. The molecule has 2 unspecified atom stereocenters. The van der Waals surface area contributed by atoms with E-state index in [1.165, 1.54) is 24.3 Å². The molecule has 0 aliphatic carbocycles. The number of ether oxygens (including phenoxy) is 1. The fraction of sp³-hybridized carbons (Fsp3) is 0.350. The lowest BCUT2D eigenvalue weighted by molar-refractivity contribution is -0.137. The Morgan fingerprint density at radius 3 is 2.52 bits per heavy atom. The smallest absolute Gasteiger partial charge is 0.246 e. The Hall–Kier alpha value is -2.51. The van der Waals surface area contributed by atoms with Crippen LogP contribution >= 0.6 is 11.3 Å². The number of rotatable bonds is 4. The zero-order chi connectivity index (χ0) is 19.4. The topological polar surface area (TPSA) is 62.7 Å². The zero-order valence-electron chi connectivity index (χ0n) is 15.7. The summed E-state index contributed by atoms with van der Waals surface area (Å²) < 4.78 is 5.66. The van der Waals surface area contributed by atoms with Crippen LogP contribution in [-0.2, 0) is 14.3 Å². The molecular formula is C20H23N3O3S. The van der Waals surface area contributed by atoms with Crippen LogP contribution < -0.4 is 4.90 Å². The third-order valence-corrected chi connectivity index (χ3v) is 5.00. The van der Waals surface area contributed by atoms with E-state index < -0.39 is 0 Å². The first-order valence-electron chi connectivity index (χ1n) is 8.87. The second-order valence-electron chi connectivity index (χ2n) is 6.58. The molecule has 27 heavy (non-hydrogen) atoms. The van der Waals surface area contributed by atoms with Gasteiger partial charge in [-0.05, 0) is 32.1 Å². The predicted octanol–water partition coefficient (Wildman–Crippen LogP) is 3.48. The number of carbonyl (C=O) groups excluding carboxylic acids is 2. The van der Waals surface area contributed by atoms with Gasteiger partial charge in [-0.15, -0.1) is 11.3 Å². The Bertz CT molecular complexity index is 824. The monoisotopic (exact) mass is 385 g/mol. The lowest BCUT2D eigenvalue weighted by atomic mass is 10.2. The predicted molar refractivity (Wildman–Crippen MR) is 107 cm³/mol. The molecule has 1 aromatic carbocycles. The number of carbonyl (C=O) groups is 2. The summed E-state index contributed by atoms with van der Waals surface area (Å²) in [6, 6.07) is 9.38. The van der Waals surface area contributed by atoms with E-state index in [2.05, 4.69) is 4.98 Å². The average molecular weight is 385 g/mol. The van der Waals surface area contributed by atoms with Crippen molar-refractivity contribution in [3.63, 3.8) is 0 Å². The summed E-state index contributed by atoms with van der Waals surface area (Å²) in [5, 5.41) is 2.41. The molecule has 6 nitrogen and oxygen atoms in total. The Morgan fingerprint density at radius 2 is 1.89 bits per heavy atom. The number of morpholine rings is 1. The molecular weight excluding hydrogens is 362 g/mol. The normalized spacial score (nSPS) is 20.0. The number of aromatic nitrogens is 1. The van der Waals surface area contributed by atoms with E-state index >= 15 is 0 Å². The van der Waals surface area contributed by atoms with Gasteiger partial charge in [0.25, 0.3) is 0 Å². The van der Waals surface area contributed by atoms with Crippen LogP contribution in [0.3, 0.4) is 0 Å². The highest BCUT2D eigenvalue weighted by molar-refractivity contribution is 7.14. The molecule has 0 radical (unpaired) electrons. The van der Waals surface area contributed by atoms with Crippen LogP contribution in [0.1, 0.15) is 26.5 Å². The van der Waals surface area contributed by atoms with E-state index in [0.717, 1.165) is 5.69 Å². The van der Waals surface area contributed by atoms with Crippen molar-refractivity contribution < 1.29 is 14.3 Å². The van der Waals surface area contributed by atoms with Gasteiger partial charge >= 0.3 is 0 Å². The summed E-state index contributed by atoms with van der Waals surface area (Å²) in [6.45, 7) is 6.61. The van der Waals surface area contributed by atoms with Gasteiger partial charge in [-0.2, -0.15) is 0 Å². The van der Waals surface area contributed by atoms with Gasteiger partial charge in [0.05, 0.1) is 23.6 Å². The largest absolute Gasteiger partial charge is 0.372 e. The molecule has 2 aromatic rings. The molecule has 142 valence electrons. The van der Waals surface area contributed by atoms with Gasteiger partial charge in [0.2, 0.25) is 11.8 Å². The summed E-state index contributed by atoms with van der Waals surface area (Å²) in [4.78, 5) is 32.4. The van der Waals surface area contributed by atoms with Gasteiger partial charge in [0.1, 0.15) is 0 Å². The van der Waals surface area contributed by atoms with Crippen LogP contribution in [0.15, 0.2) is 41.8 Å². The molecule has 7 heteroatoms. The standard InChI is InChI=1S/C20H23N3O3S/c1-14-11-22(12-15(2)26-14)19(25)10-9-17-13-27-20(21-17)23(16(3)24)18-7-5-4-6-8-18/h4-10,13-15H,11-12H2,1-3H3. The highest BCUT2D eigenvalue weighted by Gasteiger charge is 2.24. The molecule has 1 fully saturated rings. The minimum absolute atomic E-state index is 0.0342. The molecule has 0 bridgehead atoms. The Balaban J connectivity index is 1.72. The van der Waals surface area contributed by atoms with Crippen LogP contribution in [0.2, 0.25) is 0 Å².